The van der Waals surface area contributed by atoms with E-state index in [2.05, 4.69) is 15.9 Å². The van der Waals surface area contributed by atoms with E-state index in [1.165, 1.54) is 0 Å². The highest BCUT2D eigenvalue weighted by Gasteiger charge is 2.21. The van der Waals surface area contributed by atoms with Gasteiger partial charge in [0.05, 0.1) is 17.7 Å². The highest BCUT2D eigenvalue weighted by Crippen LogP contribution is 2.27. The molecule has 1 aliphatic rings. The molecule has 26 heavy (non-hydrogen) atoms. The highest BCUT2D eigenvalue weighted by atomic mass is 79.9. The Labute approximate surface area is 166 Å². The van der Waals surface area contributed by atoms with Crippen LogP contribution in [0.4, 0.5) is 0 Å². The number of carbonyl (C=O) groups is 2. The van der Waals surface area contributed by atoms with Gasteiger partial charge in [0, 0.05) is 37.1 Å². The Kier molecular flexibility index (Phi) is 8.20. The number of ether oxygens (including phenoxy) is 1. The summed E-state index contributed by atoms with van der Waals surface area (Å²) in [4.78, 5) is 27.6. The first-order valence-corrected chi connectivity index (χ1v) is 9.68. The molecular weight excluding hydrogens is 422 g/mol. The van der Waals surface area contributed by atoms with Crippen LogP contribution in [0.2, 0.25) is 5.02 Å². The minimum absolute atomic E-state index is 0.0603. The number of nitriles is 1. The molecule has 0 bridgehead atoms. The van der Waals surface area contributed by atoms with Crippen LogP contribution in [0, 0.1) is 11.3 Å². The molecule has 1 aromatic carbocycles. The summed E-state index contributed by atoms with van der Waals surface area (Å²) in [5, 5.41) is 9.15. The van der Waals surface area contributed by atoms with Crippen LogP contribution in [0.25, 0.3) is 0 Å². The predicted octanol–water partition coefficient (Wildman–Crippen LogP) is 3.24. The Morgan fingerprint density at radius 1 is 1.19 bits per heavy atom. The summed E-state index contributed by atoms with van der Waals surface area (Å²) in [5.74, 6) is 0.496. The number of hydrogen-bond donors (Lipinski definition) is 0. The van der Waals surface area contributed by atoms with Gasteiger partial charge in [0.2, 0.25) is 11.8 Å². The molecule has 0 spiro atoms. The van der Waals surface area contributed by atoms with E-state index in [-0.39, 0.29) is 18.2 Å². The first-order valence-electron chi connectivity index (χ1n) is 8.51. The molecule has 0 unspecified atom stereocenters. The zero-order valence-corrected chi connectivity index (χ0v) is 16.8. The third kappa shape index (κ3) is 6.19. The van der Waals surface area contributed by atoms with Crippen molar-refractivity contribution in [3.05, 3.63) is 27.7 Å². The van der Waals surface area contributed by atoms with E-state index in [1.54, 1.807) is 21.9 Å². The zero-order chi connectivity index (χ0) is 18.9. The number of carbonyl (C=O) groups excluding carboxylic acids is 2. The molecule has 0 aliphatic carbocycles. The number of rotatable bonds is 6. The van der Waals surface area contributed by atoms with Crippen molar-refractivity contribution in [1.29, 1.82) is 5.26 Å². The van der Waals surface area contributed by atoms with Crippen LogP contribution in [0.15, 0.2) is 22.7 Å². The van der Waals surface area contributed by atoms with Crippen LogP contribution in [0.3, 0.4) is 0 Å². The Bertz CT molecular complexity index is 693. The molecule has 0 atom stereocenters. The SMILES string of the molecule is N#CCC(=O)N1CCCN(C(=O)CCCOc2ccc(Br)cc2Cl)CC1. The van der Waals surface area contributed by atoms with Gasteiger partial charge < -0.3 is 14.5 Å². The summed E-state index contributed by atoms with van der Waals surface area (Å²) in [5.41, 5.74) is 0. The number of halogens is 2. The summed E-state index contributed by atoms with van der Waals surface area (Å²) < 4.78 is 6.51. The molecule has 2 amide bonds. The van der Waals surface area contributed by atoms with Crippen molar-refractivity contribution in [3.63, 3.8) is 0 Å². The van der Waals surface area contributed by atoms with Gasteiger partial charge in [0.15, 0.2) is 0 Å². The van der Waals surface area contributed by atoms with Crippen molar-refractivity contribution in [2.24, 2.45) is 0 Å². The quantitative estimate of drug-likeness (QED) is 0.634. The van der Waals surface area contributed by atoms with Crippen molar-refractivity contribution in [3.8, 4) is 11.8 Å². The minimum atomic E-state index is -0.165. The average molecular weight is 443 g/mol. The van der Waals surface area contributed by atoms with Crippen molar-refractivity contribution in [2.75, 3.05) is 32.8 Å². The smallest absolute Gasteiger partial charge is 0.236 e. The van der Waals surface area contributed by atoms with Gasteiger partial charge >= 0.3 is 0 Å². The third-order valence-electron chi connectivity index (χ3n) is 4.12. The maximum absolute atomic E-state index is 12.4. The molecule has 1 aliphatic heterocycles. The Morgan fingerprint density at radius 3 is 2.54 bits per heavy atom. The molecule has 1 heterocycles. The van der Waals surface area contributed by atoms with Gasteiger partial charge in [0.1, 0.15) is 12.2 Å². The largest absolute Gasteiger partial charge is 0.492 e. The molecule has 6 nitrogen and oxygen atoms in total. The van der Waals surface area contributed by atoms with Crippen molar-refractivity contribution in [2.45, 2.75) is 25.7 Å². The summed E-state index contributed by atoms with van der Waals surface area (Å²) in [7, 11) is 0. The van der Waals surface area contributed by atoms with Gasteiger partial charge in [-0.2, -0.15) is 5.26 Å². The number of amides is 2. The monoisotopic (exact) mass is 441 g/mol. The van der Waals surface area contributed by atoms with E-state index in [0.29, 0.717) is 56.4 Å². The van der Waals surface area contributed by atoms with E-state index >= 15 is 0 Å². The lowest BCUT2D eigenvalue weighted by Gasteiger charge is -2.21. The summed E-state index contributed by atoms with van der Waals surface area (Å²) in [6.07, 6.45) is 1.61. The van der Waals surface area contributed by atoms with Crippen LogP contribution in [0.1, 0.15) is 25.7 Å². The van der Waals surface area contributed by atoms with Gasteiger partial charge in [-0.3, -0.25) is 9.59 Å². The fraction of sp³-hybridized carbons (Fsp3) is 0.500. The maximum Gasteiger partial charge on any atom is 0.236 e. The Hall–Kier alpha value is -1.78. The van der Waals surface area contributed by atoms with E-state index in [0.717, 1.165) is 10.9 Å². The second-order valence-electron chi connectivity index (χ2n) is 5.98. The molecule has 140 valence electrons. The van der Waals surface area contributed by atoms with E-state index < -0.39 is 0 Å². The van der Waals surface area contributed by atoms with Crippen LogP contribution >= 0.6 is 27.5 Å². The van der Waals surface area contributed by atoms with Crippen LogP contribution in [-0.2, 0) is 9.59 Å². The van der Waals surface area contributed by atoms with E-state index in [1.807, 2.05) is 12.1 Å². The molecule has 8 heteroatoms. The number of benzene rings is 1. The molecule has 1 aromatic rings. The molecular formula is C18H21BrClN3O3. The predicted molar refractivity (Wildman–Crippen MR) is 102 cm³/mol. The number of nitrogens with zero attached hydrogens (tertiary/aromatic N) is 3. The van der Waals surface area contributed by atoms with Crippen LogP contribution in [-0.4, -0.2) is 54.4 Å². The first kappa shape index (κ1) is 20.5. The van der Waals surface area contributed by atoms with Crippen molar-refractivity contribution >= 4 is 39.3 Å². The second-order valence-corrected chi connectivity index (χ2v) is 7.30. The highest BCUT2D eigenvalue weighted by molar-refractivity contribution is 9.10. The Balaban J connectivity index is 1.72. The average Bonchev–Trinajstić information content (AvgIpc) is 2.86. The zero-order valence-electron chi connectivity index (χ0n) is 14.4. The fourth-order valence-corrected chi connectivity index (χ4v) is 3.48. The van der Waals surface area contributed by atoms with Crippen LogP contribution < -0.4 is 4.74 Å². The Morgan fingerprint density at radius 2 is 1.88 bits per heavy atom. The lowest BCUT2D eigenvalue weighted by atomic mass is 10.2. The normalized spacial score (nSPS) is 14.5. The third-order valence-corrected chi connectivity index (χ3v) is 4.91. The minimum Gasteiger partial charge on any atom is -0.492 e. The maximum atomic E-state index is 12.4. The van der Waals surface area contributed by atoms with Gasteiger partial charge in [-0.1, -0.05) is 27.5 Å². The van der Waals surface area contributed by atoms with Gasteiger partial charge in [-0.25, -0.2) is 0 Å². The van der Waals surface area contributed by atoms with Gasteiger partial charge in [0.25, 0.3) is 0 Å². The van der Waals surface area contributed by atoms with Crippen LogP contribution in [0.5, 0.6) is 5.75 Å². The molecule has 1 fully saturated rings. The number of hydrogen-bond acceptors (Lipinski definition) is 4. The van der Waals surface area contributed by atoms with Crippen molar-refractivity contribution in [1.82, 2.24) is 9.80 Å². The standard InChI is InChI=1S/C18H21BrClN3O3/c19-14-4-5-16(15(20)13-14)26-12-1-3-17(24)22-8-2-9-23(11-10-22)18(25)6-7-21/h4-5,13H,1-3,6,8-12H2. The molecule has 0 aromatic heterocycles. The second kappa shape index (κ2) is 10.4. The molecule has 2 rings (SSSR count). The molecule has 0 radical (unpaired) electrons. The fourth-order valence-electron chi connectivity index (χ4n) is 2.75. The topological polar surface area (TPSA) is 73.6 Å². The molecule has 0 saturated carbocycles. The summed E-state index contributed by atoms with van der Waals surface area (Å²) in [6, 6.07) is 7.28. The lowest BCUT2D eigenvalue weighted by molar-refractivity contribution is -0.133. The van der Waals surface area contributed by atoms with Crippen molar-refractivity contribution < 1.29 is 14.3 Å². The molecule has 0 N–H and O–H groups in total. The van der Waals surface area contributed by atoms with Gasteiger partial charge in [-0.15, -0.1) is 0 Å². The van der Waals surface area contributed by atoms with E-state index in [9.17, 15) is 9.59 Å². The van der Waals surface area contributed by atoms with Gasteiger partial charge in [-0.05, 0) is 31.0 Å². The summed E-state index contributed by atoms with van der Waals surface area (Å²) in [6.45, 7) is 2.63. The summed E-state index contributed by atoms with van der Waals surface area (Å²) >= 11 is 9.43. The first-order chi connectivity index (χ1) is 12.5. The van der Waals surface area contributed by atoms with E-state index in [4.69, 9.17) is 21.6 Å². The molecule has 1 saturated heterocycles. The lowest BCUT2D eigenvalue weighted by Crippen LogP contribution is -2.37.